The van der Waals surface area contributed by atoms with Gasteiger partial charge in [-0.05, 0) is 26.3 Å². The maximum atomic E-state index is 11.6. The largest absolute Gasteiger partial charge is 0.465 e. The summed E-state index contributed by atoms with van der Waals surface area (Å²) in [6.07, 6.45) is 0. The molecule has 6 heteroatoms. The van der Waals surface area contributed by atoms with Gasteiger partial charge in [0.15, 0.2) is 0 Å². The van der Waals surface area contributed by atoms with Crippen molar-refractivity contribution in [2.24, 2.45) is 5.73 Å². The first-order valence-electron chi connectivity index (χ1n) is 5.13. The van der Waals surface area contributed by atoms with Gasteiger partial charge in [-0.2, -0.15) is 0 Å². The Bertz CT molecular complexity index is 452. The molecule has 0 fully saturated rings. The first-order valence-corrected chi connectivity index (χ1v) is 5.94. The lowest BCUT2D eigenvalue weighted by molar-refractivity contribution is -0.117. The van der Waals surface area contributed by atoms with E-state index < -0.39 is 12.0 Å². The van der Waals surface area contributed by atoms with Crippen LogP contribution in [0.1, 0.15) is 27.7 Å². The number of methoxy groups -OCH3 is 1. The molecule has 17 heavy (non-hydrogen) atoms. The van der Waals surface area contributed by atoms with Gasteiger partial charge < -0.3 is 15.8 Å². The standard InChI is InChI=1S/C11H16N2O3S/c1-5-7(3)17-10(8(5)11(15)16-4)13-9(14)6(2)12/h6H,12H2,1-4H3,(H,13,14). The fourth-order valence-electron chi connectivity index (χ4n) is 1.29. The highest BCUT2D eigenvalue weighted by atomic mass is 32.1. The van der Waals surface area contributed by atoms with Crippen LogP contribution in [0.25, 0.3) is 0 Å². The number of carbonyl (C=O) groups excluding carboxylic acids is 2. The number of ether oxygens (including phenoxy) is 1. The van der Waals surface area contributed by atoms with Crippen LogP contribution in [-0.2, 0) is 9.53 Å². The molecule has 1 rings (SSSR count). The van der Waals surface area contributed by atoms with Crippen molar-refractivity contribution in [1.82, 2.24) is 0 Å². The first kappa shape index (κ1) is 13.7. The molecular formula is C11H16N2O3S. The number of hydrogen-bond donors (Lipinski definition) is 2. The predicted molar refractivity (Wildman–Crippen MR) is 67.4 cm³/mol. The van der Waals surface area contributed by atoms with Gasteiger partial charge in [0.2, 0.25) is 5.91 Å². The molecule has 0 radical (unpaired) electrons. The number of hydrogen-bond acceptors (Lipinski definition) is 5. The number of amides is 1. The van der Waals surface area contributed by atoms with E-state index in [0.29, 0.717) is 10.6 Å². The SMILES string of the molecule is COC(=O)c1c(NC(=O)C(C)N)sc(C)c1C. The Morgan fingerprint density at radius 1 is 1.41 bits per heavy atom. The van der Waals surface area contributed by atoms with E-state index in [4.69, 9.17) is 10.5 Å². The zero-order valence-electron chi connectivity index (χ0n) is 10.3. The number of aryl methyl sites for hydroxylation is 1. The topological polar surface area (TPSA) is 81.4 Å². The third-order valence-corrected chi connectivity index (χ3v) is 3.55. The van der Waals surface area contributed by atoms with Crippen LogP contribution in [0.2, 0.25) is 0 Å². The molecule has 0 aliphatic heterocycles. The van der Waals surface area contributed by atoms with Crippen LogP contribution in [-0.4, -0.2) is 25.0 Å². The molecule has 0 aliphatic carbocycles. The van der Waals surface area contributed by atoms with E-state index in [-0.39, 0.29) is 5.91 Å². The van der Waals surface area contributed by atoms with Crippen molar-refractivity contribution in [3.05, 3.63) is 16.0 Å². The molecule has 94 valence electrons. The van der Waals surface area contributed by atoms with Crippen molar-refractivity contribution in [2.75, 3.05) is 12.4 Å². The maximum absolute atomic E-state index is 11.6. The van der Waals surface area contributed by atoms with Gasteiger partial charge in [-0.25, -0.2) is 4.79 Å². The van der Waals surface area contributed by atoms with Crippen LogP contribution in [0, 0.1) is 13.8 Å². The minimum absolute atomic E-state index is 0.323. The van der Waals surface area contributed by atoms with Gasteiger partial charge in [-0.3, -0.25) is 4.79 Å². The Labute approximate surface area is 104 Å². The monoisotopic (exact) mass is 256 g/mol. The van der Waals surface area contributed by atoms with Gasteiger partial charge in [0.25, 0.3) is 0 Å². The Morgan fingerprint density at radius 2 is 2.00 bits per heavy atom. The number of thiophene rings is 1. The van der Waals surface area contributed by atoms with Crippen LogP contribution in [0.15, 0.2) is 0 Å². The van der Waals surface area contributed by atoms with Gasteiger partial charge in [-0.1, -0.05) is 0 Å². The molecule has 0 aromatic carbocycles. The quantitative estimate of drug-likeness (QED) is 0.802. The summed E-state index contributed by atoms with van der Waals surface area (Å²) in [5, 5.41) is 3.14. The molecular weight excluding hydrogens is 240 g/mol. The summed E-state index contributed by atoms with van der Waals surface area (Å²) >= 11 is 1.34. The Balaban J connectivity index is 3.11. The number of esters is 1. The number of anilines is 1. The maximum Gasteiger partial charge on any atom is 0.341 e. The molecule has 5 nitrogen and oxygen atoms in total. The second-order valence-corrected chi connectivity index (χ2v) is 4.98. The zero-order chi connectivity index (χ0) is 13.2. The fourth-order valence-corrected chi connectivity index (χ4v) is 2.34. The highest BCUT2D eigenvalue weighted by Crippen LogP contribution is 2.32. The third-order valence-electron chi connectivity index (χ3n) is 2.43. The molecule has 1 amide bonds. The Hall–Kier alpha value is -1.40. The van der Waals surface area contributed by atoms with Crippen LogP contribution in [0.4, 0.5) is 5.00 Å². The van der Waals surface area contributed by atoms with Gasteiger partial charge in [0.05, 0.1) is 18.7 Å². The van der Waals surface area contributed by atoms with Crippen molar-refractivity contribution in [2.45, 2.75) is 26.8 Å². The summed E-state index contributed by atoms with van der Waals surface area (Å²) in [6.45, 7) is 5.29. The first-order chi connectivity index (χ1) is 7.88. The lowest BCUT2D eigenvalue weighted by atomic mass is 10.1. The molecule has 0 saturated heterocycles. The molecule has 0 saturated carbocycles. The highest BCUT2D eigenvalue weighted by molar-refractivity contribution is 7.16. The number of rotatable bonds is 3. The minimum Gasteiger partial charge on any atom is -0.465 e. The third kappa shape index (κ3) is 2.83. The van der Waals surface area contributed by atoms with Crippen LogP contribution < -0.4 is 11.1 Å². The van der Waals surface area contributed by atoms with Crippen molar-refractivity contribution in [3.63, 3.8) is 0 Å². The fraction of sp³-hybridized carbons (Fsp3) is 0.455. The summed E-state index contributed by atoms with van der Waals surface area (Å²) in [5.41, 5.74) is 6.69. The predicted octanol–water partition coefficient (Wildman–Crippen LogP) is 1.44. The molecule has 3 N–H and O–H groups in total. The van der Waals surface area contributed by atoms with E-state index in [1.165, 1.54) is 18.4 Å². The van der Waals surface area contributed by atoms with Crippen LogP contribution >= 0.6 is 11.3 Å². The second kappa shape index (κ2) is 5.29. The average molecular weight is 256 g/mol. The average Bonchev–Trinajstić information content (AvgIpc) is 2.53. The minimum atomic E-state index is -0.622. The van der Waals surface area contributed by atoms with Crippen molar-refractivity contribution in [3.8, 4) is 0 Å². The lowest BCUT2D eigenvalue weighted by Gasteiger charge is -2.07. The molecule has 1 heterocycles. The number of carbonyl (C=O) groups is 2. The van der Waals surface area contributed by atoms with E-state index in [0.717, 1.165) is 10.4 Å². The summed E-state index contributed by atoms with van der Waals surface area (Å²) in [6, 6.07) is -0.622. The molecule has 1 atom stereocenters. The Kier molecular flexibility index (Phi) is 4.25. The number of nitrogens with two attached hydrogens (primary N) is 1. The van der Waals surface area contributed by atoms with E-state index in [1.54, 1.807) is 6.92 Å². The normalized spacial score (nSPS) is 12.1. The molecule has 0 spiro atoms. The van der Waals surface area contributed by atoms with Crippen molar-refractivity contribution >= 4 is 28.2 Å². The van der Waals surface area contributed by atoms with Gasteiger partial charge >= 0.3 is 5.97 Å². The van der Waals surface area contributed by atoms with Crippen LogP contribution in [0.5, 0.6) is 0 Å². The Morgan fingerprint density at radius 3 is 2.47 bits per heavy atom. The van der Waals surface area contributed by atoms with Gasteiger partial charge in [0.1, 0.15) is 5.00 Å². The number of nitrogens with one attached hydrogen (secondary N) is 1. The van der Waals surface area contributed by atoms with E-state index in [2.05, 4.69) is 5.32 Å². The van der Waals surface area contributed by atoms with E-state index in [9.17, 15) is 9.59 Å². The summed E-state index contributed by atoms with van der Waals surface area (Å²) in [7, 11) is 1.31. The smallest absolute Gasteiger partial charge is 0.341 e. The van der Waals surface area contributed by atoms with E-state index >= 15 is 0 Å². The zero-order valence-corrected chi connectivity index (χ0v) is 11.1. The summed E-state index contributed by atoms with van der Waals surface area (Å²) in [4.78, 5) is 24.1. The summed E-state index contributed by atoms with van der Waals surface area (Å²) in [5.74, 6) is -0.775. The molecule has 1 aromatic heterocycles. The summed E-state index contributed by atoms with van der Waals surface area (Å²) < 4.78 is 4.70. The highest BCUT2D eigenvalue weighted by Gasteiger charge is 2.22. The molecule has 1 unspecified atom stereocenters. The van der Waals surface area contributed by atoms with Crippen molar-refractivity contribution < 1.29 is 14.3 Å². The van der Waals surface area contributed by atoms with Gasteiger partial charge in [0, 0.05) is 4.88 Å². The second-order valence-electron chi connectivity index (χ2n) is 3.76. The molecule has 0 bridgehead atoms. The van der Waals surface area contributed by atoms with E-state index in [1.807, 2.05) is 13.8 Å². The lowest BCUT2D eigenvalue weighted by Crippen LogP contribution is -2.32. The molecule has 1 aromatic rings. The van der Waals surface area contributed by atoms with Gasteiger partial charge in [-0.15, -0.1) is 11.3 Å². The molecule has 0 aliphatic rings. The van der Waals surface area contributed by atoms with Crippen LogP contribution in [0.3, 0.4) is 0 Å². The van der Waals surface area contributed by atoms with Crippen molar-refractivity contribution in [1.29, 1.82) is 0 Å².